The third kappa shape index (κ3) is 10.6. The van der Waals surface area contributed by atoms with Crippen LogP contribution >= 0.6 is 0 Å². The number of urea groups is 1. The van der Waals surface area contributed by atoms with Crippen LogP contribution in [0.25, 0.3) is 0 Å². The molecule has 0 bridgehead atoms. The van der Waals surface area contributed by atoms with Crippen molar-refractivity contribution in [3.8, 4) is 23.0 Å². The number of halogens is 5. The number of alkyl halides is 4. The number of aromatic nitrogens is 2. The highest BCUT2D eigenvalue weighted by atomic mass is 32.2. The van der Waals surface area contributed by atoms with E-state index in [4.69, 9.17) is 9.47 Å². The van der Waals surface area contributed by atoms with Gasteiger partial charge in [0.15, 0.2) is 40.1 Å². The van der Waals surface area contributed by atoms with Gasteiger partial charge in [0.2, 0.25) is 0 Å². The second-order valence-electron chi connectivity index (χ2n) is 16.0. The van der Waals surface area contributed by atoms with Crippen LogP contribution in [0.4, 0.5) is 55.2 Å². The third-order valence-corrected chi connectivity index (χ3v) is 13.1. The summed E-state index contributed by atoms with van der Waals surface area (Å²) in [6, 6.07) is 24.0. The second kappa shape index (κ2) is 21.3. The average molecular weight is 1020 g/mol. The van der Waals surface area contributed by atoms with Gasteiger partial charge in [-0.2, -0.15) is 26.3 Å². The number of hydrogen-bond acceptors (Lipinski definition) is 12. The molecule has 22 heteroatoms. The Balaban J connectivity index is 1.36. The standard InChI is InChI=1S/C51H38F5N5O11S/c1-69-42-23-19-40(27-44(42)70-30-31-6-7-31)61(47(63)34-5-3-25-58-29-34,38-15-8-32(9-16-38)48(64)65)39-17-12-36(13-18-39)59(46(62)33-4-2-24-57-28-33)51(66)60(73(67,68)41-20-10-35(52)11-21-41)37-14-22-43(71-49(53)54)45(26-37)72-50(55)56/h2-5,8-29,31,49-50H,6-7,30H2,1H3/p+1. The van der Waals surface area contributed by atoms with Gasteiger partial charge in [-0.3, -0.25) is 14.8 Å². The molecule has 1 aliphatic carbocycles. The van der Waals surface area contributed by atoms with Crippen LogP contribution in [0.15, 0.2) is 163 Å². The number of rotatable bonds is 18. The molecule has 73 heavy (non-hydrogen) atoms. The average Bonchev–Trinajstić information content (AvgIpc) is 4.22. The number of benzene rings is 5. The molecule has 16 nitrogen and oxygen atoms in total. The maximum absolute atomic E-state index is 15.6. The topological polar surface area (TPSA) is 192 Å². The fourth-order valence-corrected chi connectivity index (χ4v) is 9.08. The summed E-state index contributed by atoms with van der Waals surface area (Å²) in [4.78, 5) is 65.5. The monoisotopic (exact) mass is 1020 g/mol. The number of carboxylic acids is 1. The molecule has 4 amide bonds. The molecule has 1 unspecified atom stereocenters. The lowest BCUT2D eigenvalue weighted by molar-refractivity contribution is -0.0691. The number of hydrogen-bond donors (Lipinski definition) is 1. The van der Waals surface area contributed by atoms with Crippen LogP contribution in [-0.4, -0.2) is 74.2 Å². The normalized spacial score (nSPS) is 13.2. The molecule has 374 valence electrons. The summed E-state index contributed by atoms with van der Waals surface area (Å²) in [5.41, 5.74) is -1.09. The van der Waals surface area contributed by atoms with Gasteiger partial charge in [0.1, 0.15) is 5.82 Å². The molecular formula is C51H39F5N5O11S+. The van der Waals surface area contributed by atoms with Gasteiger partial charge in [0, 0.05) is 67.3 Å². The van der Waals surface area contributed by atoms with Gasteiger partial charge in [-0.05, 0) is 110 Å². The largest absolute Gasteiger partial charge is 0.493 e. The highest BCUT2D eigenvalue weighted by molar-refractivity contribution is 7.93. The van der Waals surface area contributed by atoms with Crippen LogP contribution in [0.1, 0.15) is 43.9 Å². The van der Waals surface area contributed by atoms with E-state index in [0.29, 0.717) is 29.4 Å². The molecule has 2 aromatic heterocycles. The first-order valence-corrected chi connectivity index (χ1v) is 23.2. The van der Waals surface area contributed by atoms with Crippen LogP contribution in [0.5, 0.6) is 23.0 Å². The molecule has 0 radical (unpaired) electrons. The van der Waals surface area contributed by atoms with E-state index in [0.717, 1.165) is 49.4 Å². The number of anilines is 2. The summed E-state index contributed by atoms with van der Waals surface area (Å²) in [6.45, 7) is -6.92. The van der Waals surface area contributed by atoms with Crippen molar-refractivity contribution in [3.63, 3.8) is 0 Å². The maximum Gasteiger partial charge on any atom is 0.387 e. The van der Waals surface area contributed by atoms with E-state index >= 15 is 9.59 Å². The van der Waals surface area contributed by atoms with Gasteiger partial charge in [0.25, 0.3) is 15.9 Å². The van der Waals surface area contributed by atoms with E-state index in [-0.39, 0.29) is 55.4 Å². The van der Waals surface area contributed by atoms with Crippen LogP contribution in [0.3, 0.4) is 0 Å². The number of carboxylic acid groups (broad SMARTS) is 1. The molecule has 8 rings (SSSR count). The van der Waals surface area contributed by atoms with E-state index in [9.17, 15) is 45.1 Å². The Bertz CT molecular complexity index is 3270. The molecule has 1 atom stereocenters. The number of sulfonamides is 1. The Kier molecular flexibility index (Phi) is 14.8. The number of imide groups is 1. The molecular weight excluding hydrogens is 986 g/mol. The number of ether oxygens (including phenoxy) is 4. The van der Waals surface area contributed by atoms with Crippen LogP contribution in [-0.2, 0) is 10.0 Å². The molecule has 1 saturated carbocycles. The van der Waals surface area contributed by atoms with Crippen LogP contribution in [0.2, 0.25) is 0 Å². The quantitative estimate of drug-likeness (QED) is 0.0631. The minimum Gasteiger partial charge on any atom is -0.493 e. The van der Waals surface area contributed by atoms with Crippen molar-refractivity contribution in [2.75, 3.05) is 22.9 Å². The Labute approximate surface area is 412 Å². The summed E-state index contributed by atoms with van der Waals surface area (Å²) in [7, 11) is -3.90. The molecule has 1 fully saturated rings. The van der Waals surface area contributed by atoms with Gasteiger partial charge < -0.3 is 24.1 Å². The number of aromatic carboxylic acids is 1. The van der Waals surface area contributed by atoms with Crippen LogP contribution < -0.4 is 32.6 Å². The fraction of sp³-hybridized carbons (Fsp3) is 0.137. The molecule has 7 aromatic rings. The summed E-state index contributed by atoms with van der Waals surface area (Å²) >= 11 is 0. The second-order valence-corrected chi connectivity index (χ2v) is 17.7. The van der Waals surface area contributed by atoms with Crippen LogP contribution in [0, 0.1) is 11.7 Å². The molecule has 0 saturated heterocycles. The highest BCUT2D eigenvalue weighted by Gasteiger charge is 2.47. The summed E-state index contributed by atoms with van der Waals surface area (Å²) in [5, 5.41) is 9.89. The van der Waals surface area contributed by atoms with Crippen molar-refractivity contribution >= 4 is 62.3 Å². The number of quaternary nitrogens is 1. The zero-order valence-corrected chi connectivity index (χ0v) is 38.7. The SMILES string of the molecule is COc1ccc([N+](C(=O)c2cccnc2)(c2ccc(C(=O)O)cc2)c2ccc(N(C(=O)c3cccnc3)C(=O)N(c3ccc(OC(F)F)c(OC(F)F)c3)S(=O)(=O)c3ccc(F)cc3)cc2)cc1OCC1CC1. The fourth-order valence-electron chi connectivity index (χ4n) is 7.71. The lowest BCUT2D eigenvalue weighted by atomic mass is 10.0. The molecule has 1 N–H and O–H groups in total. The number of methoxy groups -OCH3 is 1. The first-order chi connectivity index (χ1) is 35.0. The molecule has 5 aromatic carbocycles. The Hall–Kier alpha value is -8.76. The van der Waals surface area contributed by atoms with E-state index in [2.05, 4.69) is 19.4 Å². The molecule has 0 aliphatic heterocycles. The van der Waals surface area contributed by atoms with Gasteiger partial charge >= 0.3 is 31.1 Å². The van der Waals surface area contributed by atoms with Gasteiger partial charge in [-0.15, -0.1) is 0 Å². The Morgan fingerprint density at radius 3 is 1.79 bits per heavy atom. The summed E-state index contributed by atoms with van der Waals surface area (Å²) in [6.07, 6.45) is 7.01. The van der Waals surface area contributed by atoms with E-state index in [1.807, 2.05) is 0 Å². The summed E-state index contributed by atoms with van der Waals surface area (Å²) < 4.78 is 118. The Morgan fingerprint density at radius 2 is 1.23 bits per heavy atom. The van der Waals surface area contributed by atoms with E-state index < -0.39 is 79.4 Å². The minimum absolute atomic E-state index is 0.0102. The van der Waals surface area contributed by atoms with E-state index in [1.165, 1.54) is 98.5 Å². The van der Waals surface area contributed by atoms with Crippen molar-refractivity contribution in [2.45, 2.75) is 31.0 Å². The lowest BCUT2D eigenvalue weighted by Gasteiger charge is -2.35. The van der Waals surface area contributed by atoms with Crippen molar-refractivity contribution in [1.82, 2.24) is 14.5 Å². The van der Waals surface area contributed by atoms with Crippen molar-refractivity contribution in [3.05, 3.63) is 181 Å². The van der Waals surface area contributed by atoms with Crippen molar-refractivity contribution in [2.24, 2.45) is 5.92 Å². The molecule has 1 aliphatic rings. The highest BCUT2D eigenvalue weighted by Crippen LogP contribution is 2.49. The Morgan fingerprint density at radius 1 is 0.671 bits per heavy atom. The number of pyridine rings is 2. The zero-order valence-electron chi connectivity index (χ0n) is 37.9. The predicted octanol–water partition coefficient (Wildman–Crippen LogP) is 10.8. The van der Waals surface area contributed by atoms with Crippen molar-refractivity contribution in [1.29, 1.82) is 0 Å². The molecule has 2 heterocycles. The lowest BCUT2D eigenvalue weighted by Crippen LogP contribution is -2.49. The molecule has 0 spiro atoms. The number of carbonyl (C=O) groups is 4. The van der Waals surface area contributed by atoms with E-state index in [1.54, 1.807) is 18.2 Å². The first-order valence-electron chi connectivity index (χ1n) is 21.8. The van der Waals surface area contributed by atoms with Gasteiger partial charge in [-0.1, -0.05) is 0 Å². The first kappa shape index (κ1) is 50.6. The zero-order chi connectivity index (χ0) is 52.0. The summed E-state index contributed by atoms with van der Waals surface area (Å²) in [5.74, 6) is -5.28. The predicted molar refractivity (Wildman–Crippen MR) is 253 cm³/mol. The number of amides is 4. The maximum atomic E-state index is 15.6. The number of carbonyl (C=O) groups excluding carboxylic acids is 3. The minimum atomic E-state index is -5.33. The smallest absolute Gasteiger partial charge is 0.387 e. The van der Waals surface area contributed by atoms with Gasteiger partial charge in [-0.25, -0.2) is 32.1 Å². The number of nitrogens with zero attached hydrogens (tertiary/aromatic N) is 5. The third-order valence-electron chi connectivity index (χ3n) is 11.3. The van der Waals surface area contributed by atoms with Gasteiger partial charge in [0.05, 0.1) is 46.7 Å². The van der Waals surface area contributed by atoms with Crippen molar-refractivity contribution < 1.29 is 73.6 Å².